The monoisotopic (exact) mass is 269 g/mol. The van der Waals surface area contributed by atoms with E-state index >= 15 is 0 Å². The minimum absolute atomic E-state index is 0.149. The van der Waals surface area contributed by atoms with Crippen molar-refractivity contribution in [2.24, 2.45) is 5.84 Å². The van der Waals surface area contributed by atoms with E-state index in [9.17, 15) is 4.79 Å². The molecule has 1 heterocycles. The second-order valence-electron chi connectivity index (χ2n) is 4.19. The van der Waals surface area contributed by atoms with Crippen molar-refractivity contribution in [2.75, 3.05) is 18.6 Å². The Balaban J connectivity index is 2.09. The Hall–Kier alpha value is -1.30. The van der Waals surface area contributed by atoms with Crippen LogP contribution in [0.3, 0.4) is 0 Å². The van der Waals surface area contributed by atoms with E-state index < -0.39 is 0 Å². The Morgan fingerprint density at radius 3 is 2.78 bits per heavy atom. The molecule has 1 saturated heterocycles. The summed E-state index contributed by atoms with van der Waals surface area (Å²) in [5, 5.41) is 3.47. The molecule has 0 aromatic heterocycles. The highest BCUT2D eigenvalue weighted by Crippen LogP contribution is 2.20. The number of ether oxygens (including phenoxy) is 1. The van der Waals surface area contributed by atoms with Crippen molar-refractivity contribution >= 4 is 23.2 Å². The molecule has 1 amide bonds. The van der Waals surface area contributed by atoms with E-state index in [1.54, 1.807) is 18.2 Å². The number of nitrogens with two attached hydrogens (primary N) is 1. The molecule has 6 heteroatoms. The average molecular weight is 270 g/mol. The maximum Gasteiger partial charge on any atom is 0.253 e. The number of carbonyl (C=O) groups is 1. The molecule has 4 N–H and O–H groups in total. The van der Waals surface area contributed by atoms with E-state index in [0.29, 0.717) is 29.5 Å². The van der Waals surface area contributed by atoms with E-state index in [-0.39, 0.29) is 11.9 Å². The average Bonchev–Trinajstić information content (AvgIpc) is 2.40. The van der Waals surface area contributed by atoms with E-state index in [2.05, 4.69) is 10.7 Å². The summed E-state index contributed by atoms with van der Waals surface area (Å²) in [6.07, 6.45) is 1.66. The number of nitrogen functional groups attached to an aromatic ring is 1. The molecule has 98 valence electrons. The second-order valence-corrected chi connectivity index (χ2v) is 4.63. The number of anilines is 1. The van der Waals surface area contributed by atoms with E-state index in [0.717, 1.165) is 12.8 Å². The van der Waals surface area contributed by atoms with Gasteiger partial charge in [-0.1, -0.05) is 11.6 Å². The molecular formula is C12H16ClN3O2. The lowest BCUT2D eigenvalue weighted by Crippen LogP contribution is -2.39. The van der Waals surface area contributed by atoms with Gasteiger partial charge in [0.25, 0.3) is 5.91 Å². The van der Waals surface area contributed by atoms with Crippen molar-refractivity contribution in [3.8, 4) is 0 Å². The lowest BCUT2D eigenvalue weighted by molar-refractivity contribution is 0.0697. The molecule has 0 saturated carbocycles. The molecule has 18 heavy (non-hydrogen) atoms. The highest BCUT2D eigenvalue weighted by molar-refractivity contribution is 6.31. The van der Waals surface area contributed by atoms with Crippen LogP contribution in [0.1, 0.15) is 23.2 Å². The fourth-order valence-corrected chi connectivity index (χ4v) is 2.11. The molecule has 0 unspecified atom stereocenters. The third-order valence-electron chi connectivity index (χ3n) is 2.94. The molecule has 1 aliphatic rings. The van der Waals surface area contributed by atoms with Crippen LogP contribution in [0.5, 0.6) is 0 Å². The van der Waals surface area contributed by atoms with Gasteiger partial charge in [-0.3, -0.25) is 10.6 Å². The van der Waals surface area contributed by atoms with Crippen LogP contribution in [0.2, 0.25) is 5.02 Å². The third-order valence-corrected chi connectivity index (χ3v) is 3.17. The number of benzene rings is 1. The molecule has 1 aliphatic heterocycles. The molecule has 1 fully saturated rings. The van der Waals surface area contributed by atoms with Gasteiger partial charge in [0.15, 0.2) is 0 Å². The van der Waals surface area contributed by atoms with Crippen LogP contribution in [0, 0.1) is 0 Å². The summed E-state index contributed by atoms with van der Waals surface area (Å²) >= 11 is 5.89. The SMILES string of the molecule is NNc1ccc(Cl)cc1C(=O)NC1CCOCC1. The Kier molecular flexibility index (Phi) is 4.41. The number of hydrogen-bond acceptors (Lipinski definition) is 4. The van der Waals surface area contributed by atoms with Crippen molar-refractivity contribution in [3.63, 3.8) is 0 Å². The van der Waals surface area contributed by atoms with Crippen molar-refractivity contribution < 1.29 is 9.53 Å². The van der Waals surface area contributed by atoms with Gasteiger partial charge < -0.3 is 15.5 Å². The molecule has 0 aliphatic carbocycles. The Morgan fingerprint density at radius 2 is 2.11 bits per heavy atom. The quantitative estimate of drug-likeness (QED) is 0.575. The smallest absolute Gasteiger partial charge is 0.253 e. The molecule has 0 radical (unpaired) electrons. The van der Waals surface area contributed by atoms with Crippen molar-refractivity contribution in [3.05, 3.63) is 28.8 Å². The fraction of sp³-hybridized carbons (Fsp3) is 0.417. The van der Waals surface area contributed by atoms with Crippen molar-refractivity contribution in [1.29, 1.82) is 0 Å². The summed E-state index contributed by atoms with van der Waals surface area (Å²) in [6.45, 7) is 1.37. The molecule has 0 atom stereocenters. The molecule has 1 aromatic rings. The lowest BCUT2D eigenvalue weighted by atomic mass is 10.1. The number of carbonyl (C=O) groups excluding carboxylic acids is 1. The molecule has 0 bridgehead atoms. The van der Waals surface area contributed by atoms with Gasteiger partial charge in [-0.15, -0.1) is 0 Å². The molecule has 2 rings (SSSR count). The minimum atomic E-state index is -0.169. The number of rotatable bonds is 3. The number of amides is 1. The van der Waals surface area contributed by atoms with Crippen LogP contribution in [0.4, 0.5) is 5.69 Å². The maximum atomic E-state index is 12.1. The topological polar surface area (TPSA) is 76.4 Å². The standard InChI is InChI=1S/C12H16ClN3O2/c13-8-1-2-11(16-14)10(7-8)12(17)15-9-3-5-18-6-4-9/h1-2,7,9,16H,3-6,14H2,(H,15,17). The van der Waals surface area contributed by atoms with Gasteiger partial charge in [-0.05, 0) is 31.0 Å². The molecule has 5 nitrogen and oxygen atoms in total. The van der Waals surface area contributed by atoms with Gasteiger partial charge in [0.2, 0.25) is 0 Å². The fourth-order valence-electron chi connectivity index (χ4n) is 1.94. The zero-order chi connectivity index (χ0) is 13.0. The first-order chi connectivity index (χ1) is 8.70. The first-order valence-corrected chi connectivity index (χ1v) is 6.23. The Bertz CT molecular complexity index is 433. The normalized spacial score (nSPS) is 16.3. The summed E-state index contributed by atoms with van der Waals surface area (Å²) in [7, 11) is 0. The molecular weight excluding hydrogens is 254 g/mol. The Morgan fingerprint density at radius 1 is 1.39 bits per heavy atom. The van der Waals surface area contributed by atoms with E-state index in [4.69, 9.17) is 22.2 Å². The minimum Gasteiger partial charge on any atom is -0.381 e. The summed E-state index contributed by atoms with van der Waals surface area (Å²) in [5.74, 6) is 5.21. The van der Waals surface area contributed by atoms with Gasteiger partial charge in [-0.2, -0.15) is 0 Å². The number of nitrogens with one attached hydrogen (secondary N) is 2. The van der Waals surface area contributed by atoms with Crippen LogP contribution < -0.4 is 16.6 Å². The van der Waals surface area contributed by atoms with Gasteiger partial charge in [0.05, 0.1) is 11.3 Å². The highest BCUT2D eigenvalue weighted by atomic mass is 35.5. The number of hydrogen-bond donors (Lipinski definition) is 3. The number of hydrazine groups is 1. The van der Waals surface area contributed by atoms with Crippen molar-refractivity contribution in [1.82, 2.24) is 5.32 Å². The first kappa shape index (κ1) is 13.1. The largest absolute Gasteiger partial charge is 0.381 e. The summed E-state index contributed by atoms with van der Waals surface area (Å²) in [4.78, 5) is 12.1. The summed E-state index contributed by atoms with van der Waals surface area (Å²) < 4.78 is 5.25. The maximum absolute atomic E-state index is 12.1. The van der Waals surface area contributed by atoms with Gasteiger partial charge >= 0.3 is 0 Å². The predicted octanol–water partition coefficient (Wildman–Crippen LogP) is 1.53. The zero-order valence-electron chi connectivity index (χ0n) is 9.91. The molecule has 1 aromatic carbocycles. The van der Waals surface area contributed by atoms with Gasteiger partial charge in [0, 0.05) is 24.3 Å². The zero-order valence-corrected chi connectivity index (χ0v) is 10.7. The third kappa shape index (κ3) is 3.13. The van der Waals surface area contributed by atoms with Crippen molar-refractivity contribution in [2.45, 2.75) is 18.9 Å². The van der Waals surface area contributed by atoms with Crippen LogP contribution in [-0.2, 0) is 4.74 Å². The van der Waals surface area contributed by atoms with E-state index in [1.807, 2.05) is 0 Å². The first-order valence-electron chi connectivity index (χ1n) is 5.85. The van der Waals surface area contributed by atoms with Gasteiger partial charge in [0.1, 0.15) is 0 Å². The summed E-state index contributed by atoms with van der Waals surface area (Å²) in [5.41, 5.74) is 3.51. The second kappa shape index (κ2) is 6.04. The summed E-state index contributed by atoms with van der Waals surface area (Å²) in [6, 6.07) is 5.12. The van der Waals surface area contributed by atoms with Crippen LogP contribution in [0.15, 0.2) is 18.2 Å². The van der Waals surface area contributed by atoms with E-state index in [1.165, 1.54) is 0 Å². The predicted molar refractivity (Wildman–Crippen MR) is 70.6 cm³/mol. The lowest BCUT2D eigenvalue weighted by Gasteiger charge is -2.23. The van der Waals surface area contributed by atoms with Crippen LogP contribution in [0.25, 0.3) is 0 Å². The Labute approximate surface area is 111 Å². The van der Waals surface area contributed by atoms with Gasteiger partial charge in [-0.25, -0.2) is 0 Å². The number of halogens is 1. The highest BCUT2D eigenvalue weighted by Gasteiger charge is 2.18. The molecule has 0 spiro atoms. The van der Waals surface area contributed by atoms with Crippen LogP contribution >= 0.6 is 11.6 Å². The van der Waals surface area contributed by atoms with Crippen LogP contribution in [-0.4, -0.2) is 25.2 Å².